The molecule has 3 aromatic rings. The molecule has 0 saturated carbocycles. The van der Waals surface area contributed by atoms with E-state index in [0.717, 1.165) is 6.07 Å². The van der Waals surface area contributed by atoms with Crippen LogP contribution < -0.4 is 4.72 Å². The summed E-state index contributed by atoms with van der Waals surface area (Å²) in [4.78, 5) is -0.225. The molecule has 0 radical (unpaired) electrons. The van der Waals surface area contributed by atoms with E-state index in [9.17, 15) is 17.9 Å². The summed E-state index contributed by atoms with van der Waals surface area (Å²) in [6.07, 6.45) is 0. The maximum Gasteiger partial charge on any atom is 0.262 e. The van der Waals surface area contributed by atoms with Crippen molar-refractivity contribution >= 4 is 54.0 Å². The number of sulfonamides is 1. The van der Waals surface area contributed by atoms with Crippen LogP contribution in [0.4, 0.5) is 10.1 Å². The number of anilines is 1. The fourth-order valence-corrected chi connectivity index (χ4v) is 3.80. The van der Waals surface area contributed by atoms with E-state index >= 15 is 0 Å². The molecule has 0 unspecified atom stereocenters. The van der Waals surface area contributed by atoms with Crippen molar-refractivity contribution in [2.45, 2.75) is 4.90 Å². The number of hydrogen-bond donors (Lipinski definition) is 2. The maximum absolute atomic E-state index is 13.6. The number of hydrogen-bond acceptors (Lipinski definition) is 3. The Morgan fingerprint density at radius 2 is 1.75 bits per heavy atom. The van der Waals surface area contributed by atoms with Gasteiger partial charge in [-0.3, -0.25) is 4.72 Å². The first kappa shape index (κ1) is 17.0. The van der Waals surface area contributed by atoms with Crippen molar-refractivity contribution in [3.8, 4) is 5.75 Å². The highest BCUT2D eigenvalue weighted by molar-refractivity contribution is 9.10. The van der Waals surface area contributed by atoms with Crippen LogP contribution in [0, 0.1) is 5.82 Å². The Labute approximate surface area is 151 Å². The predicted octanol–water partition coefficient (Wildman–Crippen LogP) is 4.90. The lowest BCUT2D eigenvalue weighted by atomic mass is 10.1. The van der Waals surface area contributed by atoms with Crippen LogP contribution in [0.25, 0.3) is 10.8 Å². The van der Waals surface area contributed by atoms with Gasteiger partial charge in [0.25, 0.3) is 10.0 Å². The molecular weight excluding hydrogens is 421 g/mol. The van der Waals surface area contributed by atoms with Crippen LogP contribution in [0.5, 0.6) is 5.75 Å². The predicted molar refractivity (Wildman–Crippen MR) is 95.5 cm³/mol. The molecule has 3 aromatic carbocycles. The van der Waals surface area contributed by atoms with Crippen LogP contribution in [0.3, 0.4) is 0 Å². The highest BCUT2D eigenvalue weighted by atomic mass is 79.9. The Morgan fingerprint density at radius 1 is 1.08 bits per heavy atom. The molecule has 0 aliphatic rings. The van der Waals surface area contributed by atoms with E-state index in [-0.39, 0.29) is 25.8 Å². The van der Waals surface area contributed by atoms with Gasteiger partial charge in [0.05, 0.1) is 20.1 Å². The Hall–Kier alpha value is -1.83. The van der Waals surface area contributed by atoms with Gasteiger partial charge in [0.15, 0.2) is 0 Å². The molecule has 0 fully saturated rings. The van der Waals surface area contributed by atoms with Crippen molar-refractivity contribution in [1.29, 1.82) is 0 Å². The Balaban J connectivity index is 2.12. The lowest BCUT2D eigenvalue weighted by Gasteiger charge is -2.13. The first-order valence-electron chi connectivity index (χ1n) is 6.67. The number of nitrogens with one attached hydrogen (secondary N) is 1. The van der Waals surface area contributed by atoms with Crippen LogP contribution >= 0.6 is 27.5 Å². The smallest absolute Gasteiger partial charge is 0.262 e. The molecule has 0 aromatic heterocycles. The van der Waals surface area contributed by atoms with Crippen molar-refractivity contribution < 1.29 is 17.9 Å². The monoisotopic (exact) mass is 429 g/mol. The van der Waals surface area contributed by atoms with Crippen LogP contribution in [0.15, 0.2) is 57.9 Å². The standard InChI is InChI=1S/C16H10BrClFNO3S/c17-12-6-5-9(7-14(12)19)24(22,23)20-15-8-13(18)16(21)11-4-2-1-3-10(11)15/h1-8,20-21H. The number of phenolic OH excluding ortho intramolecular Hbond substituents is 1. The van der Waals surface area contributed by atoms with Gasteiger partial charge in [0.2, 0.25) is 0 Å². The molecule has 0 heterocycles. The zero-order chi connectivity index (χ0) is 17.5. The largest absolute Gasteiger partial charge is 0.506 e. The summed E-state index contributed by atoms with van der Waals surface area (Å²) in [6, 6.07) is 11.5. The molecule has 2 N–H and O–H groups in total. The van der Waals surface area contributed by atoms with Gasteiger partial charge in [-0.05, 0) is 40.2 Å². The van der Waals surface area contributed by atoms with E-state index in [0.29, 0.717) is 10.8 Å². The number of phenols is 1. The Bertz CT molecular complexity index is 1060. The lowest BCUT2D eigenvalue weighted by molar-refractivity contribution is 0.482. The summed E-state index contributed by atoms with van der Waals surface area (Å²) in [5, 5.41) is 10.9. The second-order valence-corrected chi connectivity index (χ2v) is 7.93. The molecule has 0 amide bonds. The number of aromatic hydroxyl groups is 1. The summed E-state index contributed by atoms with van der Waals surface area (Å²) in [6.45, 7) is 0. The number of benzene rings is 3. The molecule has 24 heavy (non-hydrogen) atoms. The molecular formula is C16H10BrClFNO3S. The Kier molecular flexibility index (Phi) is 4.42. The summed E-state index contributed by atoms with van der Waals surface area (Å²) in [5.41, 5.74) is 0.191. The molecule has 0 aliphatic heterocycles. The first-order chi connectivity index (χ1) is 11.3. The minimum absolute atomic E-state index is 0.00777. The third-order valence-electron chi connectivity index (χ3n) is 3.42. The minimum atomic E-state index is -4.02. The van der Waals surface area contributed by atoms with Crippen molar-refractivity contribution in [1.82, 2.24) is 0 Å². The van der Waals surface area contributed by atoms with Gasteiger partial charge in [-0.25, -0.2) is 12.8 Å². The third kappa shape index (κ3) is 3.07. The second kappa shape index (κ2) is 6.23. The van der Waals surface area contributed by atoms with Gasteiger partial charge in [-0.15, -0.1) is 0 Å². The van der Waals surface area contributed by atoms with E-state index < -0.39 is 15.8 Å². The van der Waals surface area contributed by atoms with E-state index in [1.807, 2.05) is 0 Å². The molecule has 0 bridgehead atoms. The first-order valence-corrected chi connectivity index (χ1v) is 9.33. The molecule has 8 heteroatoms. The quantitative estimate of drug-likeness (QED) is 0.581. The molecule has 4 nitrogen and oxygen atoms in total. The summed E-state index contributed by atoms with van der Waals surface area (Å²) < 4.78 is 41.2. The fraction of sp³-hybridized carbons (Fsp3) is 0. The van der Waals surface area contributed by atoms with Gasteiger partial charge in [0.1, 0.15) is 11.6 Å². The molecule has 0 aliphatic carbocycles. The summed E-state index contributed by atoms with van der Waals surface area (Å²) >= 11 is 8.94. The van der Waals surface area contributed by atoms with Gasteiger partial charge >= 0.3 is 0 Å². The normalized spacial score (nSPS) is 11.6. The van der Waals surface area contributed by atoms with E-state index in [1.165, 1.54) is 18.2 Å². The second-order valence-electron chi connectivity index (χ2n) is 4.98. The van der Waals surface area contributed by atoms with Crippen molar-refractivity contribution in [2.75, 3.05) is 4.72 Å². The van der Waals surface area contributed by atoms with Crippen molar-refractivity contribution in [3.05, 3.63) is 63.8 Å². The lowest BCUT2D eigenvalue weighted by Crippen LogP contribution is -2.13. The van der Waals surface area contributed by atoms with E-state index in [4.69, 9.17) is 11.6 Å². The van der Waals surface area contributed by atoms with Gasteiger partial charge in [-0.1, -0.05) is 35.9 Å². The summed E-state index contributed by atoms with van der Waals surface area (Å²) in [7, 11) is -4.02. The molecule has 3 rings (SSSR count). The van der Waals surface area contributed by atoms with Crippen LogP contribution in [-0.4, -0.2) is 13.5 Å². The van der Waals surface area contributed by atoms with Gasteiger partial charge in [0, 0.05) is 10.8 Å². The minimum Gasteiger partial charge on any atom is -0.506 e. The van der Waals surface area contributed by atoms with E-state index in [1.54, 1.807) is 24.3 Å². The van der Waals surface area contributed by atoms with E-state index in [2.05, 4.69) is 20.7 Å². The van der Waals surface area contributed by atoms with Crippen LogP contribution in [-0.2, 0) is 10.0 Å². The van der Waals surface area contributed by atoms with Gasteiger partial charge in [-0.2, -0.15) is 0 Å². The summed E-state index contributed by atoms with van der Waals surface area (Å²) in [5.74, 6) is -0.823. The number of halogens is 3. The molecule has 0 saturated heterocycles. The van der Waals surface area contributed by atoms with Crippen LogP contribution in [0.2, 0.25) is 5.02 Å². The highest BCUT2D eigenvalue weighted by Crippen LogP contribution is 2.38. The zero-order valence-corrected chi connectivity index (χ0v) is 15.1. The molecule has 124 valence electrons. The third-order valence-corrected chi connectivity index (χ3v) is 5.71. The number of rotatable bonds is 3. The van der Waals surface area contributed by atoms with Crippen molar-refractivity contribution in [3.63, 3.8) is 0 Å². The molecule has 0 atom stereocenters. The van der Waals surface area contributed by atoms with Gasteiger partial charge < -0.3 is 5.11 Å². The topological polar surface area (TPSA) is 66.4 Å². The SMILES string of the molecule is O=S(=O)(Nc1cc(Cl)c(O)c2ccccc12)c1ccc(Br)c(F)c1. The average molecular weight is 431 g/mol. The fourth-order valence-electron chi connectivity index (χ4n) is 2.26. The highest BCUT2D eigenvalue weighted by Gasteiger charge is 2.19. The Morgan fingerprint density at radius 3 is 2.42 bits per heavy atom. The zero-order valence-electron chi connectivity index (χ0n) is 11.9. The van der Waals surface area contributed by atoms with Crippen molar-refractivity contribution in [2.24, 2.45) is 0 Å². The van der Waals surface area contributed by atoms with Crippen LogP contribution in [0.1, 0.15) is 0 Å². The average Bonchev–Trinajstić information content (AvgIpc) is 2.54. The maximum atomic E-state index is 13.6. The molecule has 0 spiro atoms. The number of fused-ring (bicyclic) bond motifs is 1.